The van der Waals surface area contributed by atoms with E-state index in [2.05, 4.69) is 25.4 Å². The van der Waals surface area contributed by atoms with Gasteiger partial charge in [0, 0.05) is 25.7 Å². The average molecular weight is 607 g/mol. The second-order valence-electron chi connectivity index (χ2n) is 10.0. The van der Waals surface area contributed by atoms with E-state index in [1.165, 1.54) is 43.1 Å². The Kier molecular flexibility index (Phi) is 7.84. The van der Waals surface area contributed by atoms with Gasteiger partial charge in [-0.05, 0) is 35.4 Å². The number of carbonyl (C=O) groups is 2. The first kappa shape index (κ1) is 28.9. The fraction of sp³-hybridized carbons (Fsp3) is 0.129. The van der Waals surface area contributed by atoms with Gasteiger partial charge in [0.25, 0.3) is 5.91 Å². The van der Waals surface area contributed by atoms with Gasteiger partial charge in [-0.2, -0.15) is 14.9 Å². The smallest absolute Gasteiger partial charge is 0.346 e. The molecule has 3 heterocycles. The van der Waals surface area contributed by atoms with E-state index in [9.17, 15) is 14.0 Å². The summed E-state index contributed by atoms with van der Waals surface area (Å²) < 4.78 is 21.8. The lowest BCUT2D eigenvalue weighted by Gasteiger charge is -2.18. The summed E-state index contributed by atoms with van der Waals surface area (Å²) in [5, 5.41) is 12.2. The third kappa shape index (κ3) is 5.76. The van der Waals surface area contributed by atoms with E-state index >= 15 is 0 Å². The Hall–Kier alpha value is -6.18. The molecule has 14 heteroatoms. The average Bonchev–Trinajstić information content (AvgIpc) is 3.73. The molecule has 6 rings (SSSR count). The molecule has 0 aliphatic rings. The summed E-state index contributed by atoms with van der Waals surface area (Å²) in [5.41, 5.74) is 10.6. The number of nitrogen functional groups attached to an aromatic ring is 1. The van der Waals surface area contributed by atoms with Gasteiger partial charge in [0.05, 0.1) is 23.7 Å². The highest BCUT2D eigenvalue weighted by Crippen LogP contribution is 2.33. The van der Waals surface area contributed by atoms with Gasteiger partial charge in [-0.25, -0.2) is 28.8 Å². The minimum Gasteiger partial charge on any atom is -0.496 e. The molecule has 0 aliphatic carbocycles. The number of aromatic nitrogens is 7. The van der Waals surface area contributed by atoms with Crippen LogP contribution >= 0.6 is 0 Å². The van der Waals surface area contributed by atoms with Crippen LogP contribution in [0.5, 0.6) is 5.75 Å². The first-order chi connectivity index (χ1) is 21.8. The van der Waals surface area contributed by atoms with E-state index in [1.807, 2.05) is 48.5 Å². The van der Waals surface area contributed by atoms with Gasteiger partial charge in [0.1, 0.15) is 42.1 Å². The molecule has 0 aliphatic heterocycles. The maximum atomic E-state index is 13.7. The second-order valence-corrected chi connectivity index (χ2v) is 10.0. The molecule has 0 spiro atoms. The minimum atomic E-state index is -0.532. The summed E-state index contributed by atoms with van der Waals surface area (Å²) in [6.07, 6.45) is 4.02. The van der Waals surface area contributed by atoms with Crippen molar-refractivity contribution >= 4 is 28.8 Å². The lowest BCUT2D eigenvalue weighted by Crippen LogP contribution is -2.31. The van der Waals surface area contributed by atoms with Gasteiger partial charge in [0.2, 0.25) is 0 Å². The summed E-state index contributed by atoms with van der Waals surface area (Å²) in [7, 11) is 3.09. The van der Waals surface area contributed by atoms with Crippen LogP contribution < -0.4 is 15.8 Å². The van der Waals surface area contributed by atoms with Crippen molar-refractivity contribution in [2.75, 3.05) is 19.9 Å². The van der Waals surface area contributed by atoms with Gasteiger partial charge < -0.3 is 20.7 Å². The second kappa shape index (κ2) is 12.2. The summed E-state index contributed by atoms with van der Waals surface area (Å²) >= 11 is 0. The quantitative estimate of drug-likeness (QED) is 0.263. The molecule has 0 atom stereocenters. The normalized spacial score (nSPS) is 11.0. The molecule has 0 saturated heterocycles. The van der Waals surface area contributed by atoms with Crippen LogP contribution in [0.4, 0.5) is 15.0 Å². The zero-order valence-corrected chi connectivity index (χ0v) is 24.3. The zero-order chi connectivity index (χ0) is 31.5. The van der Waals surface area contributed by atoms with Gasteiger partial charge in [-0.15, -0.1) is 0 Å². The number of benzene rings is 3. The molecule has 3 aromatic heterocycles. The number of methoxy groups -OCH3 is 1. The minimum absolute atomic E-state index is 0.107. The molecule has 0 radical (unpaired) electrons. The number of amides is 2. The van der Waals surface area contributed by atoms with Crippen LogP contribution in [0.25, 0.3) is 28.0 Å². The molecule has 0 unspecified atom stereocenters. The summed E-state index contributed by atoms with van der Waals surface area (Å²) in [5.74, 6) is -0.452. The Labute approximate surface area is 256 Å². The van der Waals surface area contributed by atoms with Crippen molar-refractivity contribution in [3.63, 3.8) is 0 Å². The number of rotatable bonds is 8. The monoisotopic (exact) mass is 606 g/mol. The van der Waals surface area contributed by atoms with E-state index < -0.39 is 11.7 Å². The third-order valence-corrected chi connectivity index (χ3v) is 7.15. The van der Waals surface area contributed by atoms with Crippen LogP contribution in [0.2, 0.25) is 0 Å². The lowest BCUT2D eigenvalue weighted by atomic mass is 10.1. The van der Waals surface area contributed by atoms with E-state index in [0.29, 0.717) is 22.4 Å². The molecule has 3 N–H and O–H groups in total. The fourth-order valence-corrected chi connectivity index (χ4v) is 4.92. The molecule has 226 valence electrons. The fourth-order valence-electron chi connectivity index (χ4n) is 4.92. The molecular formula is C31H27FN10O3. The molecule has 0 fully saturated rings. The Bertz CT molecular complexity index is 2010. The number of nitrogens with zero attached hydrogens (tertiary/aromatic N) is 8. The van der Waals surface area contributed by atoms with Crippen LogP contribution in [0.3, 0.4) is 0 Å². The number of carbonyl (C=O) groups excluding carboxylic acids is 2. The number of para-hydroxylation sites is 1. The van der Waals surface area contributed by atoms with Crippen molar-refractivity contribution in [1.82, 2.24) is 44.7 Å². The predicted molar refractivity (Wildman–Crippen MR) is 163 cm³/mol. The van der Waals surface area contributed by atoms with E-state index in [0.717, 1.165) is 27.4 Å². The number of ether oxygens (including phenoxy) is 1. The maximum Gasteiger partial charge on any atom is 0.346 e. The SMILES string of the molecule is COc1ccc(F)cc1C(=O)NCc1ccc(-c2nn(-c3ccccc3CN(C)C(=O)n3cncn3)c3ncnc(N)c23)cc1. The number of nitrogens with one attached hydrogen (secondary N) is 1. The first-order valence-corrected chi connectivity index (χ1v) is 13.7. The summed E-state index contributed by atoms with van der Waals surface area (Å²) in [6.45, 7) is 0.460. The highest BCUT2D eigenvalue weighted by Gasteiger charge is 2.21. The topological polar surface area (TPSA) is 159 Å². The van der Waals surface area contributed by atoms with Crippen molar-refractivity contribution in [2.45, 2.75) is 13.1 Å². The van der Waals surface area contributed by atoms with Crippen LogP contribution in [0.1, 0.15) is 21.5 Å². The molecule has 6 aromatic rings. The Morgan fingerprint density at radius 3 is 2.60 bits per heavy atom. The van der Waals surface area contributed by atoms with Crippen molar-refractivity contribution in [3.05, 3.63) is 108 Å². The number of halogens is 1. The molecule has 0 bridgehead atoms. The Morgan fingerprint density at radius 1 is 1.04 bits per heavy atom. The molecular weight excluding hydrogens is 579 g/mol. The van der Waals surface area contributed by atoms with Gasteiger partial charge >= 0.3 is 6.03 Å². The van der Waals surface area contributed by atoms with Crippen molar-refractivity contribution in [2.24, 2.45) is 0 Å². The van der Waals surface area contributed by atoms with Crippen LogP contribution in [0, 0.1) is 5.82 Å². The zero-order valence-electron chi connectivity index (χ0n) is 24.3. The number of hydrogen-bond donors (Lipinski definition) is 2. The standard InChI is InChI=1S/C31H27FN10O3/c1-40(31(44)41-18-34-16-38-41)15-21-5-3-4-6-24(21)42-29-26(28(33)36-17-37-29)27(39-42)20-9-7-19(8-10-20)14-35-30(43)23-13-22(32)11-12-25(23)45-2/h3-13,16-18H,14-15H2,1-2H3,(H,35,43)(H2,33,36,37). The molecule has 13 nitrogen and oxygen atoms in total. The first-order valence-electron chi connectivity index (χ1n) is 13.7. The van der Waals surface area contributed by atoms with Gasteiger partial charge in [0.15, 0.2) is 5.65 Å². The van der Waals surface area contributed by atoms with E-state index in [4.69, 9.17) is 15.6 Å². The molecule has 0 saturated carbocycles. The number of anilines is 1. The summed E-state index contributed by atoms with van der Waals surface area (Å²) in [4.78, 5) is 39.6. The Balaban J connectivity index is 1.28. The van der Waals surface area contributed by atoms with Crippen LogP contribution in [-0.4, -0.2) is 65.5 Å². The lowest BCUT2D eigenvalue weighted by molar-refractivity contribution is 0.0947. The number of hydrogen-bond acceptors (Lipinski definition) is 9. The maximum absolute atomic E-state index is 13.7. The van der Waals surface area contributed by atoms with Crippen molar-refractivity contribution in [1.29, 1.82) is 0 Å². The van der Waals surface area contributed by atoms with Gasteiger partial charge in [-0.1, -0.05) is 42.5 Å². The van der Waals surface area contributed by atoms with E-state index in [1.54, 1.807) is 11.7 Å². The van der Waals surface area contributed by atoms with Gasteiger partial charge in [-0.3, -0.25) is 4.79 Å². The molecule has 45 heavy (non-hydrogen) atoms. The summed E-state index contributed by atoms with van der Waals surface area (Å²) in [6, 6.07) is 18.4. The number of nitrogens with two attached hydrogens (primary N) is 1. The third-order valence-electron chi connectivity index (χ3n) is 7.15. The number of fused-ring (bicyclic) bond motifs is 1. The molecule has 2 amide bonds. The van der Waals surface area contributed by atoms with Crippen LogP contribution in [0.15, 0.2) is 85.7 Å². The van der Waals surface area contributed by atoms with Crippen molar-refractivity contribution < 1.29 is 18.7 Å². The highest BCUT2D eigenvalue weighted by molar-refractivity contribution is 5.99. The Morgan fingerprint density at radius 2 is 1.84 bits per heavy atom. The van der Waals surface area contributed by atoms with Crippen LogP contribution in [-0.2, 0) is 13.1 Å². The van der Waals surface area contributed by atoms with E-state index in [-0.39, 0.29) is 36.3 Å². The highest BCUT2D eigenvalue weighted by atomic mass is 19.1. The molecule has 3 aromatic carbocycles. The largest absolute Gasteiger partial charge is 0.496 e. The predicted octanol–water partition coefficient (Wildman–Crippen LogP) is 3.83. The van der Waals surface area contributed by atoms with Crippen molar-refractivity contribution in [3.8, 4) is 22.7 Å².